The highest BCUT2D eigenvalue weighted by atomic mass is 16.7. The Kier molecular flexibility index (Phi) is 32.9. The van der Waals surface area contributed by atoms with Crippen molar-refractivity contribution < 1.29 is 39.8 Å². The molecule has 1 rings (SSSR count). The number of hydrogen-bond donors (Lipinski definition) is 6. The van der Waals surface area contributed by atoms with E-state index >= 15 is 0 Å². The van der Waals surface area contributed by atoms with Crippen LogP contribution in [0.4, 0.5) is 0 Å². The number of rotatable bonds is 36. The van der Waals surface area contributed by atoms with Gasteiger partial charge in [0.05, 0.1) is 25.4 Å². The van der Waals surface area contributed by atoms with Gasteiger partial charge in [-0.1, -0.05) is 179 Å². The van der Waals surface area contributed by atoms with Crippen molar-refractivity contribution in [2.45, 2.75) is 236 Å². The smallest absolute Gasteiger partial charge is 0.220 e. The van der Waals surface area contributed by atoms with E-state index in [1.807, 2.05) is 6.08 Å². The van der Waals surface area contributed by atoms with Crippen LogP contribution in [0.1, 0.15) is 194 Å². The maximum Gasteiger partial charge on any atom is 0.220 e. The van der Waals surface area contributed by atoms with Crippen molar-refractivity contribution in [2.75, 3.05) is 13.2 Å². The first-order valence-corrected chi connectivity index (χ1v) is 22.1. The third-order valence-electron chi connectivity index (χ3n) is 10.5. The lowest BCUT2D eigenvalue weighted by Gasteiger charge is -2.40. The largest absolute Gasteiger partial charge is 0.394 e. The second kappa shape index (κ2) is 35.1. The van der Waals surface area contributed by atoms with Crippen LogP contribution >= 0.6 is 0 Å². The van der Waals surface area contributed by atoms with Gasteiger partial charge in [0.25, 0.3) is 0 Å². The number of amides is 1. The number of carbonyl (C=O) groups is 1. The van der Waals surface area contributed by atoms with Gasteiger partial charge in [-0.2, -0.15) is 0 Å². The van der Waals surface area contributed by atoms with Gasteiger partial charge in [-0.05, 0) is 32.1 Å². The molecule has 1 aliphatic rings. The Hall–Kier alpha value is -1.33. The molecule has 1 saturated heterocycles. The number of carbonyl (C=O) groups excluding carboxylic acids is 1. The minimum atomic E-state index is -1.57. The molecule has 9 heteroatoms. The SMILES string of the molecule is CCCCCCC/C=C/CC/C=C/C(O)C(COC1OC(CO)C(O)C(O)C1O)NC(=O)CCCCCCCCCCCCCCCCCCCCC. The van der Waals surface area contributed by atoms with Crippen LogP contribution in [-0.4, -0.2) is 87.5 Å². The highest BCUT2D eigenvalue weighted by Crippen LogP contribution is 2.22. The average molecular weight is 754 g/mol. The number of nitrogens with one attached hydrogen (secondary N) is 1. The van der Waals surface area contributed by atoms with E-state index in [0.717, 1.165) is 38.5 Å². The molecule has 0 aromatic carbocycles. The molecule has 9 nitrogen and oxygen atoms in total. The molecule has 0 spiro atoms. The summed E-state index contributed by atoms with van der Waals surface area (Å²) in [4.78, 5) is 12.9. The summed E-state index contributed by atoms with van der Waals surface area (Å²) >= 11 is 0. The zero-order chi connectivity index (χ0) is 38.8. The van der Waals surface area contributed by atoms with Crippen molar-refractivity contribution in [3.8, 4) is 0 Å². The number of ether oxygens (including phenoxy) is 2. The maximum absolute atomic E-state index is 12.9. The number of allylic oxidation sites excluding steroid dienone is 3. The molecule has 0 aliphatic carbocycles. The Morgan fingerprint density at radius 1 is 0.623 bits per heavy atom. The maximum atomic E-state index is 12.9. The molecule has 0 radical (unpaired) electrons. The van der Waals surface area contributed by atoms with Gasteiger partial charge < -0.3 is 40.3 Å². The Labute approximate surface area is 324 Å². The molecule has 0 aromatic heterocycles. The number of aliphatic hydroxyl groups is 5. The normalized spacial score (nSPS) is 21.8. The Morgan fingerprint density at radius 3 is 1.58 bits per heavy atom. The molecule has 0 bridgehead atoms. The van der Waals surface area contributed by atoms with Gasteiger partial charge in [0.15, 0.2) is 6.29 Å². The van der Waals surface area contributed by atoms with Gasteiger partial charge in [0, 0.05) is 6.42 Å². The van der Waals surface area contributed by atoms with Crippen molar-refractivity contribution in [1.29, 1.82) is 0 Å². The summed E-state index contributed by atoms with van der Waals surface area (Å²) in [5.74, 6) is -0.186. The van der Waals surface area contributed by atoms with Crippen LogP contribution in [0.2, 0.25) is 0 Å². The van der Waals surface area contributed by atoms with Crippen LogP contribution in [0, 0.1) is 0 Å². The van der Waals surface area contributed by atoms with Gasteiger partial charge in [0.1, 0.15) is 24.4 Å². The zero-order valence-electron chi connectivity index (χ0n) is 34.0. The molecule has 7 atom stereocenters. The van der Waals surface area contributed by atoms with Gasteiger partial charge in [-0.25, -0.2) is 0 Å². The first kappa shape index (κ1) is 49.7. The summed E-state index contributed by atoms with van der Waals surface area (Å²) in [5, 5.41) is 54.0. The summed E-state index contributed by atoms with van der Waals surface area (Å²) in [5.41, 5.74) is 0. The quantitative estimate of drug-likeness (QED) is 0.0275. The van der Waals surface area contributed by atoms with E-state index in [4.69, 9.17) is 9.47 Å². The van der Waals surface area contributed by atoms with Crippen molar-refractivity contribution in [1.82, 2.24) is 5.32 Å². The second-order valence-electron chi connectivity index (χ2n) is 15.5. The highest BCUT2D eigenvalue weighted by molar-refractivity contribution is 5.76. The monoisotopic (exact) mass is 754 g/mol. The van der Waals surface area contributed by atoms with Crippen LogP contribution in [0.3, 0.4) is 0 Å². The fraction of sp³-hybridized carbons (Fsp3) is 0.886. The third-order valence-corrected chi connectivity index (χ3v) is 10.5. The average Bonchev–Trinajstić information content (AvgIpc) is 3.16. The van der Waals surface area contributed by atoms with Crippen LogP contribution in [0.15, 0.2) is 24.3 Å². The van der Waals surface area contributed by atoms with E-state index < -0.39 is 49.5 Å². The van der Waals surface area contributed by atoms with Crippen LogP contribution in [-0.2, 0) is 14.3 Å². The molecule has 6 N–H and O–H groups in total. The number of aliphatic hydroxyl groups excluding tert-OH is 5. The Bertz CT molecular complexity index is 883. The van der Waals surface area contributed by atoms with Gasteiger partial charge in [0.2, 0.25) is 5.91 Å². The van der Waals surface area contributed by atoms with E-state index in [1.54, 1.807) is 6.08 Å². The molecule has 1 amide bonds. The molecule has 0 aromatic rings. The van der Waals surface area contributed by atoms with Crippen molar-refractivity contribution >= 4 is 5.91 Å². The lowest BCUT2D eigenvalue weighted by atomic mass is 9.99. The van der Waals surface area contributed by atoms with Crippen molar-refractivity contribution in [3.05, 3.63) is 24.3 Å². The third kappa shape index (κ3) is 26.2. The molecule has 7 unspecified atom stereocenters. The molecule has 1 fully saturated rings. The van der Waals surface area contributed by atoms with Gasteiger partial charge in [-0.3, -0.25) is 4.79 Å². The molecule has 312 valence electrons. The van der Waals surface area contributed by atoms with E-state index in [-0.39, 0.29) is 12.5 Å². The predicted octanol–water partition coefficient (Wildman–Crippen LogP) is 8.72. The van der Waals surface area contributed by atoms with Crippen molar-refractivity contribution in [2.24, 2.45) is 0 Å². The summed E-state index contributed by atoms with van der Waals surface area (Å²) in [7, 11) is 0. The second-order valence-corrected chi connectivity index (χ2v) is 15.5. The minimum Gasteiger partial charge on any atom is -0.394 e. The standard InChI is InChI=1S/C44H83NO8/c1-3-5-7-9-11-13-15-16-17-18-19-20-21-22-24-26-28-30-32-34-40(48)45-37(36-52-44-43(51)42(50)41(49)39(35-46)53-44)38(47)33-31-29-27-25-23-14-12-10-8-6-4-2/h23,25,31,33,37-39,41-44,46-47,49-51H,3-22,24,26-30,32,34-36H2,1-2H3,(H,45,48)/b25-23+,33-31+. The summed E-state index contributed by atoms with van der Waals surface area (Å²) in [6, 6.07) is -0.815. The molecular formula is C44H83NO8. The predicted molar refractivity (Wildman–Crippen MR) is 217 cm³/mol. The lowest BCUT2D eigenvalue weighted by molar-refractivity contribution is -0.302. The first-order valence-electron chi connectivity index (χ1n) is 22.1. The topological polar surface area (TPSA) is 149 Å². The zero-order valence-corrected chi connectivity index (χ0v) is 34.0. The van der Waals surface area contributed by atoms with Gasteiger partial charge >= 0.3 is 0 Å². The molecule has 53 heavy (non-hydrogen) atoms. The number of unbranched alkanes of at least 4 members (excludes halogenated alkanes) is 24. The Morgan fingerprint density at radius 2 is 1.08 bits per heavy atom. The van der Waals surface area contributed by atoms with Crippen LogP contribution < -0.4 is 5.32 Å². The molecular weight excluding hydrogens is 670 g/mol. The fourth-order valence-electron chi connectivity index (χ4n) is 6.94. The highest BCUT2D eigenvalue weighted by Gasteiger charge is 2.44. The van der Waals surface area contributed by atoms with Crippen LogP contribution in [0.5, 0.6) is 0 Å². The van der Waals surface area contributed by atoms with Crippen molar-refractivity contribution in [3.63, 3.8) is 0 Å². The van der Waals surface area contributed by atoms with E-state index in [9.17, 15) is 30.3 Å². The fourth-order valence-corrected chi connectivity index (χ4v) is 6.94. The number of hydrogen-bond acceptors (Lipinski definition) is 8. The lowest BCUT2D eigenvalue weighted by Crippen LogP contribution is -2.60. The summed E-state index contributed by atoms with van der Waals surface area (Å²) in [6.45, 7) is 3.73. The summed E-state index contributed by atoms with van der Waals surface area (Å²) < 4.78 is 11.2. The summed E-state index contributed by atoms with van der Waals surface area (Å²) in [6.07, 6.45) is 33.7. The van der Waals surface area contributed by atoms with E-state index in [2.05, 4.69) is 31.3 Å². The molecule has 1 aliphatic heterocycles. The van der Waals surface area contributed by atoms with E-state index in [0.29, 0.717) is 6.42 Å². The Balaban J connectivity index is 2.34. The van der Waals surface area contributed by atoms with Crippen LogP contribution in [0.25, 0.3) is 0 Å². The van der Waals surface area contributed by atoms with Gasteiger partial charge in [-0.15, -0.1) is 0 Å². The minimum absolute atomic E-state index is 0.186. The first-order chi connectivity index (χ1) is 25.8. The molecule has 0 saturated carbocycles. The molecule has 1 heterocycles. The van der Waals surface area contributed by atoms with E-state index in [1.165, 1.54) is 135 Å².